The lowest BCUT2D eigenvalue weighted by molar-refractivity contribution is -0.139. The third-order valence-electron chi connectivity index (χ3n) is 12.8. The van der Waals surface area contributed by atoms with Crippen molar-refractivity contribution in [3.63, 3.8) is 0 Å². The van der Waals surface area contributed by atoms with Crippen molar-refractivity contribution in [1.29, 1.82) is 0 Å². The average molecular weight is 784 g/mol. The molecule has 9 rings (SSSR count). The molecule has 3 aromatic carbocycles. The Kier molecular flexibility index (Phi) is 9.36. The fourth-order valence-corrected chi connectivity index (χ4v) is 9.59. The number of aromatic nitrogens is 4. The lowest BCUT2D eigenvalue weighted by Gasteiger charge is -2.37. The number of benzene rings is 3. The summed E-state index contributed by atoms with van der Waals surface area (Å²) in [6.45, 7) is 10.3. The highest BCUT2D eigenvalue weighted by atomic mass is 16.6. The Morgan fingerprint density at radius 3 is 2.14 bits per heavy atom. The van der Waals surface area contributed by atoms with Crippen molar-refractivity contribution in [2.24, 2.45) is 17.3 Å². The maximum absolute atomic E-state index is 13.9. The molecule has 4 fully saturated rings. The maximum atomic E-state index is 13.9. The SMILES string of the molecule is COC(=O)N[C@H](C(=O)N1[C@@H]2CC[C@H](C2)[C@H]1c1ncc(-c2ccc(-c3ccc4cc(-c5cnc([C@@H]6CC7(CC7)CN6C(=O)OC(C)(C)C)[nH]5)ccc4c3)cc2)[nH]1)C(C)C. The summed E-state index contributed by atoms with van der Waals surface area (Å²) in [4.78, 5) is 59.8. The molecular weight excluding hydrogens is 731 g/mol. The maximum Gasteiger partial charge on any atom is 0.410 e. The number of carbonyl (C=O) groups is 3. The second-order valence-corrected chi connectivity index (χ2v) is 18.3. The van der Waals surface area contributed by atoms with Gasteiger partial charge in [-0.2, -0.15) is 0 Å². The zero-order valence-corrected chi connectivity index (χ0v) is 34.2. The summed E-state index contributed by atoms with van der Waals surface area (Å²) in [5.74, 6) is 1.74. The number of likely N-dealkylation sites (tertiary alicyclic amines) is 2. The lowest BCUT2D eigenvalue weighted by Crippen LogP contribution is -2.54. The van der Waals surface area contributed by atoms with Crippen molar-refractivity contribution in [2.75, 3.05) is 13.7 Å². The fraction of sp³-hybridized carbons (Fsp3) is 0.457. The van der Waals surface area contributed by atoms with Gasteiger partial charge < -0.3 is 29.7 Å². The Morgan fingerprint density at radius 2 is 1.47 bits per heavy atom. The predicted octanol–water partition coefficient (Wildman–Crippen LogP) is 9.18. The second kappa shape index (κ2) is 14.3. The lowest BCUT2D eigenvalue weighted by atomic mass is 9.95. The van der Waals surface area contributed by atoms with Gasteiger partial charge in [0, 0.05) is 18.2 Å². The molecule has 2 aliphatic heterocycles. The van der Waals surface area contributed by atoms with Crippen LogP contribution in [-0.4, -0.2) is 79.2 Å². The highest BCUT2D eigenvalue weighted by Gasteiger charge is 2.55. The van der Waals surface area contributed by atoms with Crippen molar-refractivity contribution < 1.29 is 23.9 Å². The number of hydrogen-bond acceptors (Lipinski definition) is 7. The summed E-state index contributed by atoms with van der Waals surface area (Å²) < 4.78 is 10.6. The molecule has 58 heavy (non-hydrogen) atoms. The molecule has 12 heteroatoms. The fourth-order valence-electron chi connectivity index (χ4n) is 9.59. The monoisotopic (exact) mass is 783 g/mol. The zero-order valence-electron chi connectivity index (χ0n) is 34.2. The number of alkyl carbamates (subject to hydrolysis) is 1. The average Bonchev–Trinajstić information content (AvgIpc) is 3.83. The van der Waals surface area contributed by atoms with Gasteiger partial charge in [0.1, 0.15) is 23.3 Å². The van der Waals surface area contributed by atoms with E-state index in [9.17, 15) is 14.4 Å². The van der Waals surface area contributed by atoms with Gasteiger partial charge in [-0.3, -0.25) is 9.69 Å². The van der Waals surface area contributed by atoms with E-state index >= 15 is 0 Å². The van der Waals surface area contributed by atoms with Gasteiger partial charge in [-0.1, -0.05) is 62.4 Å². The number of hydrogen-bond donors (Lipinski definition) is 3. The molecule has 3 amide bonds. The van der Waals surface area contributed by atoms with E-state index in [4.69, 9.17) is 19.4 Å². The standard InChI is InChI=1S/C46H53N7O5/c1-26(2)38(51-43(55)57-6)42(54)53-34-16-15-33(21-34)39(53)41-48-23-35(50-41)28-9-7-27(8-10-28)29-11-12-31-20-32(14-13-30(31)19-29)36-24-47-40(49-36)37-22-46(17-18-46)25-52(37)44(56)58-45(3,4)5/h7-14,19-20,23-24,26,33-34,37-39H,15-18,21-22,25H2,1-6H3,(H,47,49)(H,48,50)(H,51,55)/t33-,34-,37+,38+,39+/m1/s1. The molecule has 0 radical (unpaired) electrons. The predicted molar refractivity (Wildman–Crippen MR) is 221 cm³/mol. The number of methoxy groups -OCH3 is 1. The van der Waals surface area contributed by atoms with E-state index in [1.54, 1.807) is 0 Å². The molecule has 3 N–H and O–H groups in total. The van der Waals surface area contributed by atoms with Crippen molar-refractivity contribution in [1.82, 2.24) is 35.1 Å². The van der Waals surface area contributed by atoms with Gasteiger partial charge in [-0.05, 0) is 116 Å². The first kappa shape index (κ1) is 37.9. The van der Waals surface area contributed by atoms with Crippen LogP contribution in [0.4, 0.5) is 9.59 Å². The van der Waals surface area contributed by atoms with Crippen molar-refractivity contribution in [2.45, 2.75) is 103 Å². The molecule has 1 spiro atoms. The summed E-state index contributed by atoms with van der Waals surface area (Å²) in [5.41, 5.74) is 5.75. The minimum Gasteiger partial charge on any atom is -0.453 e. The van der Waals surface area contributed by atoms with Gasteiger partial charge in [-0.25, -0.2) is 19.6 Å². The number of ether oxygens (including phenoxy) is 2. The third-order valence-corrected chi connectivity index (χ3v) is 12.8. The Labute approximate surface area is 339 Å². The number of H-pyrrole nitrogens is 2. The molecule has 5 atom stereocenters. The largest absolute Gasteiger partial charge is 0.453 e. The normalized spacial score (nSPS) is 22.5. The van der Waals surface area contributed by atoms with Crippen molar-refractivity contribution in [3.8, 4) is 33.6 Å². The van der Waals surface area contributed by atoms with E-state index in [2.05, 4.69) is 75.9 Å². The summed E-state index contributed by atoms with van der Waals surface area (Å²) in [7, 11) is 1.31. The molecule has 2 saturated carbocycles. The number of fused-ring (bicyclic) bond motifs is 3. The number of rotatable bonds is 8. The zero-order chi connectivity index (χ0) is 40.5. The van der Waals surface area contributed by atoms with Crippen molar-refractivity contribution >= 4 is 28.9 Å². The molecule has 2 bridgehead atoms. The Balaban J connectivity index is 0.896. The van der Waals surface area contributed by atoms with Gasteiger partial charge in [0.15, 0.2) is 0 Å². The van der Waals surface area contributed by atoms with Gasteiger partial charge in [0.05, 0.1) is 43.0 Å². The molecule has 12 nitrogen and oxygen atoms in total. The molecule has 2 saturated heterocycles. The Morgan fingerprint density at radius 1 is 0.845 bits per heavy atom. The van der Waals surface area contributed by atoms with Crippen LogP contribution < -0.4 is 5.32 Å². The number of imidazole rings is 2. The minimum atomic E-state index is -0.672. The summed E-state index contributed by atoms with van der Waals surface area (Å²) in [5, 5.41) is 5.03. The molecule has 0 unspecified atom stereocenters. The highest BCUT2D eigenvalue weighted by molar-refractivity contribution is 5.91. The number of carbonyl (C=O) groups excluding carboxylic acids is 3. The van der Waals surface area contributed by atoms with E-state index in [1.807, 2.05) is 56.8 Å². The van der Waals surface area contributed by atoms with Crippen molar-refractivity contribution in [3.05, 3.63) is 84.7 Å². The molecule has 4 heterocycles. The number of nitrogens with one attached hydrogen (secondary N) is 3. The summed E-state index contributed by atoms with van der Waals surface area (Å²) in [6, 6.07) is 20.6. The minimum absolute atomic E-state index is 0.0827. The number of aromatic amines is 2. The molecule has 2 aliphatic carbocycles. The quantitative estimate of drug-likeness (QED) is 0.142. The topological polar surface area (TPSA) is 146 Å². The Hall–Kier alpha value is -5.65. The van der Waals surface area contributed by atoms with E-state index in [0.29, 0.717) is 5.92 Å². The smallest absolute Gasteiger partial charge is 0.410 e. The van der Waals surface area contributed by atoms with E-state index in [0.717, 1.165) is 101 Å². The van der Waals surface area contributed by atoms with E-state index < -0.39 is 17.7 Å². The van der Waals surface area contributed by atoms with Gasteiger partial charge in [0.2, 0.25) is 5.91 Å². The first-order valence-corrected chi connectivity index (χ1v) is 20.7. The summed E-state index contributed by atoms with van der Waals surface area (Å²) in [6.07, 6.45) is 9.01. The molecular formula is C46H53N7O5. The third kappa shape index (κ3) is 7.11. The van der Waals surface area contributed by atoms with Crippen LogP contribution in [0.15, 0.2) is 73.1 Å². The van der Waals surface area contributed by atoms with E-state index in [-0.39, 0.29) is 41.5 Å². The van der Waals surface area contributed by atoms with Crippen LogP contribution in [-0.2, 0) is 14.3 Å². The first-order valence-electron chi connectivity index (χ1n) is 20.7. The second-order valence-electron chi connectivity index (χ2n) is 18.3. The Bertz CT molecular complexity index is 2370. The van der Waals surface area contributed by atoms with Gasteiger partial charge in [0.25, 0.3) is 0 Å². The summed E-state index contributed by atoms with van der Waals surface area (Å²) >= 11 is 0. The van der Waals surface area contributed by atoms with Crippen LogP contribution >= 0.6 is 0 Å². The van der Waals surface area contributed by atoms with Crippen LogP contribution in [0.2, 0.25) is 0 Å². The molecule has 4 aliphatic rings. The number of amides is 3. The molecule has 2 aromatic heterocycles. The van der Waals surface area contributed by atoms with E-state index in [1.165, 1.54) is 7.11 Å². The van der Waals surface area contributed by atoms with Crippen LogP contribution in [0.1, 0.15) is 96.9 Å². The van der Waals surface area contributed by atoms with Crippen LogP contribution in [0.5, 0.6) is 0 Å². The highest BCUT2D eigenvalue weighted by Crippen LogP contribution is 2.58. The number of nitrogens with zero attached hydrogens (tertiary/aromatic N) is 4. The van der Waals surface area contributed by atoms with Gasteiger partial charge >= 0.3 is 12.2 Å². The first-order chi connectivity index (χ1) is 27.8. The molecule has 5 aromatic rings. The van der Waals surface area contributed by atoms with Crippen LogP contribution in [0, 0.1) is 17.3 Å². The van der Waals surface area contributed by atoms with Crippen LogP contribution in [0.3, 0.4) is 0 Å². The molecule has 302 valence electrons. The van der Waals surface area contributed by atoms with Gasteiger partial charge in [-0.15, -0.1) is 0 Å². The number of piperidine rings is 1. The van der Waals surface area contributed by atoms with Crippen LogP contribution in [0.25, 0.3) is 44.4 Å².